The van der Waals surface area contributed by atoms with Gasteiger partial charge in [-0.2, -0.15) is 0 Å². The highest BCUT2D eigenvalue weighted by atomic mass is 16.5. The fraction of sp³-hybridized carbons (Fsp3) is 0.111. The van der Waals surface area contributed by atoms with Crippen LogP contribution in [0.1, 0.15) is 22.3 Å². The third kappa shape index (κ3) is 2.07. The van der Waals surface area contributed by atoms with Crippen LogP contribution in [0, 0.1) is 13.8 Å². The Morgan fingerprint density at radius 3 is 2.48 bits per heavy atom. The van der Waals surface area contributed by atoms with E-state index in [0.29, 0.717) is 22.6 Å². The molecule has 0 aromatic heterocycles. The Morgan fingerprint density at radius 2 is 1.76 bits per heavy atom. The molecule has 0 unspecified atom stereocenters. The monoisotopic (exact) mass is 280 g/mol. The fourth-order valence-electron chi connectivity index (χ4n) is 2.52. The summed E-state index contributed by atoms with van der Waals surface area (Å²) in [4.78, 5) is 0. The van der Waals surface area contributed by atoms with E-state index in [1.807, 2.05) is 25.1 Å². The molecular weight excluding hydrogens is 264 g/mol. The van der Waals surface area contributed by atoms with Crippen LogP contribution in [0.3, 0.4) is 0 Å². The molecule has 1 aliphatic heterocycles. The number of ether oxygens (including phenoxy) is 1. The molecule has 1 heterocycles. The van der Waals surface area contributed by atoms with Crippen molar-refractivity contribution in [1.29, 1.82) is 0 Å². The van der Waals surface area contributed by atoms with Gasteiger partial charge in [-0.1, -0.05) is 18.7 Å². The molecule has 3 rings (SSSR count). The Bertz CT molecular complexity index is 785. The van der Waals surface area contributed by atoms with Crippen molar-refractivity contribution < 1.29 is 14.9 Å². The molecule has 3 heteroatoms. The molecule has 2 aromatic carbocycles. The molecule has 0 aliphatic carbocycles. The van der Waals surface area contributed by atoms with Crippen molar-refractivity contribution in [2.24, 2.45) is 0 Å². The van der Waals surface area contributed by atoms with E-state index in [0.717, 1.165) is 16.7 Å². The van der Waals surface area contributed by atoms with E-state index in [9.17, 15) is 10.2 Å². The first-order valence-corrected chi connectivity index (χ1v) is 6.69. The first kappa shape index (κ1) is 13.3. The fourth-order valence-corrected chi connectivity index (χ4v) is 2.52. The van der Waals surface area contributed by atoms with Gasteiger partial charge in [0.25, 0.3) is 0 Å². The maximum Gasteiger partial charge on any atom is 0.176 e. The predicted molar refractivity (Wildman–Crippen MR) is 83.2 cm³/mol. The second-order valence-electron chi connectivity index (χ2n) is 5.21. The lowest BCUT2D eigenvalue weighted by molar-refractivity contribution is 0.398. The van der Waals surface area contributed by atoms with Gasteiger partial charge in [0.2, 0.25) is 0 Å². The van der Waals surface area contributed by atoms with Crippen LogP contribution in [0.5, 0.6) is 11.5 Å². The van der Waals surface area contributed by atoms with Gasteiger partial charge < -0.3 is 14.9 Å². The number of aromatic hydroxyl groups is 1. The molecule has 2 aromatic rings. The van der Waals surface area contributed by atoms with E-state index in [1.165, 1.54) is 0 Å². The number of phenols is 1. The van der Waals surface area contributed by atoms with Gasteiger partial charge in [-0.05, 0) is 49.2 Å². The third-order valence-electron chi connectivity index (χ3n) is 3.71. The zero-order chi connectivity index (χ0) is 15.1. The second kappa shape index (κ2) is 4.70. The number of aryl methyl sites for hydroxylation is 2. The van der Waals surface area contributed by atoms with Crippen molar-refractivity contribution in [2.45, 2.75) is 13.8 Å². The zero-order valence-corrected chi connectivity index (χ0v) is 12.0. The average molecular weight is 280 g/mol. The molecule has 106 valence electrons. The van der Waals surface area contributed by atoms with Crippen LogP contribution in [0.4, 0.5) is 0 Å². The lowest BCUT2D eigenvalue weighted by Gasteiger charge is -2.24. The number of benzene rings is 2. The van der Waals surface area contributed by atoms with Gasteiger partial charge in [-0.15, -0.1) is 0 Å². The summed E-state index contributed by atoms with van der Waals surface area (Å²) >= 11 is 0. The lowest BCUT2D eigenvalue weighted by Crippen LogP contribution is -2.09. The number of allylic oxidation sites excluding steroid dienone is 1. The minimum absolute atomic E-state index is 0.0295. The number of fused-ring (bicyclic) bond motifs is 1. The van der Waals surface area contributed by atoms with Crippen LogP contribution in [-0.4, -0.2) is 10.2 Å². The topological polar surface area (TPSA) is 49.7 Å². The van der Waals surface area contributed by atoms with Gasteiger partial charge in [0.05, 0.1) is 0 Å². The molecule has 0 fully saturated rings. The highest BCUT2D eigenvalue weighted by molar-refractivity contribution is 5.91. The number of aliphatic hydroxyl groups is 1. The highest BCUT2D eigenvalue weighted by Crippen LogP contribution is 2.41. The van der Waals surface area contributed by atoms with Crippen molar-refractivity contribution in [1.82, 2.24) is 0 Å². The van der Waals surface area contributed by atoms with Gasteiger partial charge in [-0.3, -0.25) is 0 Å². The summed E-state index contributed by atoms with van der Waals surface area (Å²) < 4.78 is 5.86. The molecule has 0 spiro atoms. The number of phenolic OH excluding ortho intramolecular Hbond substituents is 1. The molecule has 21 heavy (non-hydrogen) atoms. The van der Waals surface area contributed by atoms with Crippen molar-refractivity contribution in [3.8, 4) is 11.5 Å². The van der Waals surface area contributed by atoms with Crippen LogP contribution in [0.25, 0.3) is 11.3 Å². The van der Waals surface area contributed by atoms with E-state index >= 15 is 0 Å². The third-order valence-corrected chi connectivity index (χ3v) is 3.71. The maximum absolute atomic E-state index is 10.4. The molecule has 2 N–H and O–H groups in total. The van der Waals surface area contributed by atoms with Crippen LogP contribution < -0.4 is 4.74 Å². The molecule has 1 aliphatic rings. The summed E-state index contributed by atoms with van der Waals surface area (Å²) in [6.45, 7) is 7.73. The van der Waals surface area contributed by atoms with Gasteiger partial charge in [-0.25, -0.2) is 0 Å². The van der Waals surface area contributed by atoms with Crippen LogP contribution in [0.2, 0.25) is 0 Å². The van der Waals surface area contributed by atoms with E-state index in [2.05, 4.69) is 6.58 Å². The number of hydrogen-bond donors (Lipinski definition) is 2. The van der Waals surface area contributed by atoms with Crippen LogP contribution in [0.15, 0.2) is 48.7 Å². The normalized spacial score (nSPS) is 13.9. The van der Waals surface area contributed by atoms with Crippen molar-refractivity contribution >= 4 is 11.3 Å². The SMILES string of the molecule is C=C1C(O)=C(c2ccc(O)c(C)c2)Oc2cccc(C)c21. The Hall–Kier alpha value is -2.68. The zero-order valence-electron chi connectivity index (χ0n) is 12.0. The van der Waals surface area contributed by atoms with Crippen molar-refractivity contribution in [2.75, 3.05) is 0 Å². The quantitative estimate of drug-likeness (QED) is 0.817. The van der Waals surface area contributed by atoms with Crippen LogP contribution >= 0.6 is 0 Å². The summed E-state index contributed by atoms with van der Waals surface area (Å²) in [5, 5.41) is 20.0. The Labute approximate surface area is 123 Å². The van der Waals surface area contributed by atoms with Gasteiger partial charge in [0, 0.05) is 16.7 Å². The Morgan fingerprint density at radius 1 is 1.00 bits per heavy atom. The van der Waals surface area contributed by atoms with Crippen molar-refractivity contribution in [3.05, 3.63) is 71.0 Å². The maximum atomic E-state index is 10.4. The van der Waals surface area contributed by atoms with E-state index < -0.39 is 0 Å². The van der Waals surface area contributed by atoms with Crippen LogP contribution in [-0.2, 0) is 0 Å². The standard InChI is InChI=1S/C18H16O3/c1-10-5-4-6-15-16(10)12(3)17(20)18(21-15)13-7-8-14(19)11(2)9-13/h4-9,19-20H,3H2,1-2H3. The lowest BCUT2D eigenvalue weighted by atomic mass is 9.95. The largest absolute Gasteiger partial charge is 0.508 e. The number of rotatable bonds is 1. The van der Waals surface area contributed by atoms with Gasteiger partial charge >= 0.3 is 0 Å². The van der Waals surface area contributed by atoms with Crippen molar-refractivity contribution in [3.63, 3.8) is 0 Å². The molecule has 0 amide bonds. The summed E-state index contributed by atoms with van der Waals surface area (Å²) in [6.07, 6.45) is 0. The summed E-state index contributed by atoms with van der Waals surface area (Å²) in [5.41, 5.74) is 3.81. The molecule has 3 nitrogen and oxygen atoms in total. The second-order valence-corrected chi connectivity index (χ2v) is 5.21. The van der Waals surface area contributed by atoms with Gasteiger partial charge in [0.15, 0.2) is 11.5 Å². The summed E-state index contributed by atoms with van der Waals surface area (Å²) in [5.74, 6) is 1.28. The highest BCUT2D eigenvalue weighted by Gasteiger charge is 2.25. The predicted octanol–water partition coefficient (Wildman–Crippen LogP) is 4.34. The first-order valence-electron chi connectivity index (χ1n) is 6.69. The molecule has 0 atom stereocenters. The number of hydrogen-bond acceptors (Lipinski definition) is 3. The molecular formula is C18H16O3. The molecule has 0 radical (unpaired) electrons. The van der Waals surface area contributed by atoms with Gasteiger partial charge in [0.1, 0.15) is 11.5 Å². The molecule has 0 saturated heterocycles. The van der Waals surface area contributed by atoms with E-state index in [4.69, 9.17) is 4.74 Å². The summed E-state index contributed by atoms with van der Waals surface area (Å²) in [7, 11) is 0. The number of aliphatic hydroxyl groups excluding tert-OH is 1. The minimum atomic E-state index is 0.0295. The van der Waals surface area contributed by atoms with E-state index in [1.54, 1.807) is 25.1 Å². The average Bonchev–Trinajstić information content (AvgIpc) is 2.46. The minimum Gasteiger partial charge on any atom is -0.508 e. The first-order chi connectivity index (χ1) is 9.99. The summed E-state index contributed by atoms with van der Waals surface area (Å²) in [6, 6.07) is 10.8. The smallest absolute Gasteiger partial charge is 0.176 e. The van der Waals surface area contributed by atoms with E-state index in [-0.39, 0.29) is 11.5 Å². The Balaban J connectivity index is 2.15. The Kier molecular flexibility index (Phi) is 2.98. The molecule has 0 saturated carbocycles. The molecule has 0 bridgehead atoms.